The molecule has 0 atom stereocenters. The Kier molecular flexibility index (Phi) is 5.66. The number of hydrogen-bond donors (Lipinski definition) is 2. The van der Waals surface area contributed by atoms with Crippen LogP contribution >= 0.6 is 11.6 Å². The maximum Gasteiger partial charge on any atom is 0.274 e. The van der Waals surface area contributed by atoms with Crippen molar-refractivity contribution in [2.24, 2.45) is 0 Å². The lowest BCUT2D eigenvalue weighted by Gasteiger charge is -2.10. The Bertz CT molecular complexity index is 900. The molecule has 0 radical (unpaired) electrons. The van der Waals surface area contributed by atoms with Crippen molar-refractivity contribution in [3.05, 3.63) is 77.2 Å². The fourth-order valence-corrected chi connectivity index (χ4v) is 2.47. The minimum atomic E-state index is -0.324. The lowest BCUT2D eigenvalue weighted by Crippen LogP contribution is -2.14. The second kappa shape index (κ2) is 8.31. The smallest absolute Gasteiger partial charge is 0.274 e. The van der Waals surface area contributed by atoms with E-state index in [2.05, 4.69) is 20.6 Å². The maximum absolute atomic E-state index is 12.3. The topological polar surface area (TPSA) is 76.1 Å². The predicted molar refractivity (Wildman–Crippen MR) is 102 cm³/mol. The molecule has 0 saturated carbocycles. The van der Waals surface area contributed by atoms with Crippen molar-refractivity contribution in [2.45, 2.75) is 6.54 Å². The highest BCUT2D eigenvalue weighted by molar-refractivity contribution is 6.30. The van der Waals surface area contributed by atoms with E-state index in [-0.39, 0.29) is 11.6 Å². The van der Waals surface area contributed by atoms with E-state index in [9.17, 15) is 4.79 Å². The number of ether oxygens (including phenoxy) is 1. The van der Waals surface area contributed by atoms with Crippen molar-refractivity contribution in [1.29, 1.82) is 0 Å². The molecule has 6 nitrogen and oxygen atoms in total. The number of nitrogens with zero attached hydrogens (tertiary/aromatic N) is 2. The molecule has 2 aromatic carbocycles. The largest absolute Gasteiger partial charge is 0.496 e. The van der Waals surface area contributed by atoms with Crippen molar-refractivity contribution in [2.75, 3.05) is 17.7 Å². The van der Waals surface area contributed by atoms with Crippen molar-refractivity contribution in [3.63, 3.8) is 0 Å². The molecule has 0 bridgehead atoms. The van der Waals surface area contributed by atoms with Crippen LogP contribution in [0.25, 0.3) is 0 Å². The summed E-state index contributed by atoms with van der Waals surface area (Å²) >= 11 is 5.84. The zero-order valence-corrected chi connectivity index (χ0v) is 14.8. The molecule has 3 rings (SSSR count). The van der Waals surface area contributed by atoms with E-state index in [1.807, 2.05) is 24.3 Å². The quantitative estimate of drug-likeness (QED) is 0.687. The van der Waals surface area contributed by atoms with Gasteiger partial charge in [-0.3, -0.25) is 4.79 Å². The van der Waals surface area contributed by atoms with Gasteiger partial charge in [0.1, 0.15) is 23.6 Å². The second-order valence-corrected chi connectivity index (χ2v) is 5.85. The van der Waals surface area contributed by atoms with Crippen LogP contribution in [0.4, 0.5) is 11.5 Å². The molecule has 0 aliphatic heterocycles. The Labute approximate surface area is 156 Å². The number of carbonyl (C=O) groups excluding carboxylic acids is 1. The zero-order valence-electron chi connectivity index (χ0n) is 14.1. The summed E-state index contributed by atoms with van der Waals surface area (Å²) in [4.78, 5) is 20.5. The maximum atomic E-state index is 12.3. The van der Waals surface area contributed by atoms with Crippen molar-refractivity contribution in [3.8, 4) is 5.75 Å². The third-order valence-corrected chi connectivity index (χ3v) is 3.91. The molecule has 0 aliphatic rings. The summed E-state index contributed by atoms with van der Waals surface area (Å²) in [5, 5.41) is 6.55. The van der Waals surface area contributed by atoms with Crippen LogP contribution < -0.4 is 15.4 Å². The molecular weight excluding hydrogens is 352 g/mol. The number of rotatable bonds is 6. The third-order valence-electron chi connectivity index (χ3n) is 3.65. The molecule has 2 N–H and O–H groups in total. The van der Waals surface area contributed by atoms with E-state index in [1.165, 1.54) is 6.33 Å². The van der Waals surface area contributed by atoms with Crippen LogP contribution in [0.15, 0.2) is 60.9 Å². The van der Waals surface area contributed by atoms with E-state index in [1.54, 1.807) is 37.4 Å². The molecule has 0 spiro atoms. The summed E-state index contributed by atoms with van der Waals surface area (Å²) in [7, 11) is 1.63. The number of para-hydroxylation sites is 1. The Hall–Kier alpha value is -3.12. The molecule has 0 unspecified atom stereocenters. The number of halogens is 1. The Morgan fingerprint density at radius 1 is 1.12 bits per heavy atom. The molecule has 0 fully saturated rings. The number of methoxy groups -OCH3 is 1. The van der Waals surface area contributed by atoms with E-state index in [4.69, 9.17) is 16.3 Å². The summed E-state index contributed by atoms with van der Waals surface area (Å²) in [5.74, 6) is 1.01. The van der Waals surface area contributed by atoms with Gasteiger partial charge in [-0.15, -0.1) is 0 Å². The highest BCUT2D eigenvalue weighted by atomic mass is 35.5. The molecule has 3 aromatic rings. The zero-order chi connectivity index (χ0) is 18.4. The van der Waals surface area contributed by atoms with Gasteiger partial charge in [0, 0.05) is 28.9 Å². The number of carbonyl (C=O) groups is 1. The first-order valence-electron chi connectivity index (χ1n) is 7.90. The number of aromatic nitrogens is 2. The molecular formula is C19H17ClN4O2. The molecule has 26 heavy (non-hydrogen) atoms. The fraction of sp³-hybridized carbons (Fsp3) is 0.105. The SMILES string of the molecule is COc1ccccc1CNc1cc(C(=O)Nc2ccc(Cl)cc2)ncn1. The van der Waals surface area contributed by atoms with Crippen LogP contribution in [0.2, 0.25) is 5.02 Å². The number of hydrogen-bond acceptors (Lipinski definition) is 5. The van der Waals surface area contributed by atoms with Crippen LogP contribution in [-0.4, -0.2) is 23.0 Å². The predicted octanol–water partition coefficient (Wildman–Crippen LogP) is 4.00. The molecule has 0 aliphatic carbocycles. The van der Waals surface area contributed by atoms with Gasteiger partial charge in [0.05, 0.1) is 7.11 Å². The van der Waals surface area contributed by atoms with Gasteiger partial charge in [0.15, 0.2) is 0 Å². The lowest BCUT2D eigenvalue weighted by molar-refractivity contribution is 0.102. The number of anilines is 2. The van der Waals surface area contributed by atoms with E-state index in [0.29, 0.717) is 23.1 Å². The first-order valence-corrected chi connectivity index (χ1v) is 8.28. The summed E-state index contributed by atoms with van der Waals surface area (Å²) in [6, 6.07) is 16.2. The molecule has 1 amide bonds. The summed E-state index contributed by atoms with van der Waals surface area (Å²) in [5.41, 5.74) is 1.89. The standard InChI is InChI=1S/C19H17ClN4O2/c1-26-17-5-3-2-4-13(17)11-21-18-10-16(22-12-23-18)19(25)24-15-8-6-14(20)7-9-15/h2-10,12H,11H2,1H3,(H,24,25)(H,21,22,23). The Morgan fingerprint density at radius 3 is 2.65 bits per heavy atom. The molecule has 0 saturated heterocycles. The minimum absolute atomic E-state index is 0.262. The van der Waals surface area contributed by atoms with Gasteiger partial charge < -0.3 is 15.4 Å². The van der Waals surface area contributed by atoms with Crippen LogP contribution in [0.1, 0.15) is 16.1 Å². The average Bonchev–Trinajstić information content (AvgIpc) is 2.68. The van der Waals surface area contributed by atoms with Gasteiger partial charge in [-0.1, -0.05) is 29.8 Å². The van der Waals surface area contributed by atoms with Crippen molar-refractivity contribution >= 4 is 29.0 Å². The number of amides is 1. The third kappa shape index (κ3) is 4.49. The van der Waals surface area contributed by atoms with Crippen molar-refractivity contribution < 1.29 is 9.53 Å². The minimum Gasteiger partial charge on any atom is -0.496 e. The Balaban J connectivity index is 1.67. The van der Waals surface area contributed by atoms with E-state index < -0.39 is 0 Å². The molecule has 1 heterocycles. The van der Waals surface area contributed by atoms with Crippen LogP contribution in [0.3, 0.4) is 0 Å². The average molecular weight is 369 g/mol. The van der Waals surface area contributed by atoms with Gasteiger partial charge >= 0.3 is 0 Å². The van der Waals surface area contributed by atoms with Gasteiger partial charge in [0.2, 0.25) is 0 Å². The monoisotopic (exact) mass is 368 g/mol. The second-order valence-electron chi connectivity index (χ2n) is 5.41. The number of benzene rings is 2. The summed E-state index contributed by atoms with van der Waals surface area (Å²) in [6.45, 7) is 0.513. The van der Waals surface area contributed by atoms with Crippen LogP contribution in [0.5, 0.6) is 5.75 Å². The van der Waals surface area contributed by atoms with Gasteiger partial charge in [-0.25, -0.2) is 9.97 Å². The molecule has 1 aromatic heterocycles. The number of nitrogens with one attached hydrogen (secondary N) is 2. The summed E-state index contributed by atoms with van der Waals surface area (Å²) < 4.78 is 5.32. The highest BCUT2D eigenvalue weighted by Gasteiger charge is 2.10. The van der Waals surface area contributed by atoms with Crippen molar-refractivity contribution in [1.82, 2.24) is 9.97 Å². The van der Waals surface area contributed by atoms with Crippen LogP contribution in [-0.2, 0) is 6.54 Å². The molecule has 132 valence electrons. The summed E-state index contributed by atoms with van der Waals surface area (Å²) in [6.07, 6.45) is 1.35. The molecule has 7 heteroatoms. The highest BCUT2D eigenvalue weighted by Crippen LogP contribution is 2.19. The van der Waals surface area contributed by atoms with Gasteiger partial charge in [-0.2, -0.15) is 0 Å². The lowest BCUT2D eigenvalue weighted by atomic mass is 10.2. The van der Waals surface area contributed by atoms with E-state index in [0.717, 1.165) is 11.3 Å². The van der Waals surface area contributed by atoms with Gasteiger partial charge in [0.25, 0.3) is 5.91 Å². The first-order chi connectivity index (χ1) is 12.7. The van der Waals surface area contributed by atoms with Gasteiger partial charge in [-0.05, 0) is 30.3 Å². The first kappa shape index (κ1) is 17.7. The van der Waals surface area contributed by atoms with Crippen LogP contribution in [0, 0.1) is 0 Å². The van der Waals surface area contributed by atoms with E-state index >= 15 is 0 Å². The normalized spacial score (nSPS) is 10.2. The Morgan fingerprint density at radius 2 is 1.88 bits per heavy atom. The fourth-order valence-electron chi connectivity index (χ4n) is 2.34.